The Morgan fingerprint density at radius 3 is 2.66 bits per heavy atom. The fourth-order valence-electron chi connectivity index (χ4n) is 3.39. The van der Waals surface area contributed by atoms with Crippen LogP contribution in [0.4, 0.5) is 0 Å². The number of ketones is 1. The van der Waals surface area contributed by atoms with Crippen LogP contribution in [0.2, 0.25) is 0 Å². The van der Waals surface area contributed by atoms with E-state index in [1.165, 1.54) is 18.9 Å². The van der Waals surface area contributed by atoms with E-state index in [4.69, 9.17) is 0 Å². The van der Waals surface area contributed by atoms with Gasteiger partial charge in [0.2, 0.25) is 0 Å². The van der Waals surface area contributed by atoms with Gasteiger partial charge < -0.3 is 9.30 Å². The molecule has 1 aromatic carbocycles. The second-order valence-electron chi connectivity index (χ2n) is 6.92. The number of fused-ring (bicyclic) bond motifs is 1. The Labute approximate surface area is 174 Å². The highest BCUT2D eigenvalue weighted by Crippen LogP contribution is 2.27. The molecule has 0 saturated heterocycles. The lowest BCUT2D eigenvalue weighted by Crippen LogP contribution is -2.09. The molecule has 0 fully saturated rings. The molecule has 0 unspecified atom stereocenters. The minimum atomic E-state index is -0.215. The fraction of sp³-hybridized carbons (Fsp3) is 0.364. The average Bonchev–Trinajstić information content (AvgIpc) is 2.99. The number of Topliss-reactive ketones (excluding diaryl/α,β-unsaturated/α-hetero) is 1. The van der Waals surface area contributed by atoms with Crippen LogP contribution in [0.15, 0.2) is 35.4 Å². The summed E-state index contributed by atoms with van der Waals surface area (Å²) in [5.41, 5.74) is 3.56. The largest absolute Gasteiger partial charge is 0.469 e. The summed E-state index contributed by atoms with van der Waals surface area (Å²) in [6.07, 6.45) is 1.05. The molecule has 3 rings (SSSR count). The number of carbonyl (C=O) groups excluding carboxylic acids is 2. The normalized spacial score (nSPS) is 11.0. The van der Waals surface area contributed by atoms with Crippen molar-refractivity contribution >= 4 is 34.4 Å². The van der Waals surface area contributed by atoms with E-state index in [2.05, 4.69) is 19.3 Å². The van der Waals surface area contributed by atoms with E-state index in [-0.39, 0.29) is 11.8 Å². The molecule has 3 aromatic rings. The molecule has 0 radical (unpaired) electrons. The second-order valence-corrected chi connectivity index (χ2v) is 7.89. The van der Waals surface area contributed by atoms with Crippen LogP contribution in [0.1, 0.15) is 40.4 Å². The van der Waals surface area contributed by atoms with Crippen molar-refractivity contribution in [1.29, 1.82) is 0 Å². The average molecular weight is 412 g/mol. The molecular formula is C22H25N3O3S. The van der Waals surface area contributed by atoms with E-state index in [9.17, 15) is 9.59 Å². The van der Waals surface area contributed by atoms with Crippen molar-refractivity contribution < 1.29 is 14.3 Å². The third-order valence-corrected chi connectivity index (χ3v) is 5.88. The maximum absolute atomic E-state index is 12.9. The minimum Gasteiger partial charge on any atom is -0.469 e. The van der Waals surface area contributed by atoms with Crippen molar-refractivity contribution in [2.24, 2.45) is 0 Å². The van der Waals surface area contributed by atoms with E-state index in [0.29, 0.717) is 31.0 Å². The Morgan fingerprint density at radius 2 is 1.90 bits per heavy atom. The van der Waals surface area contributed by atoms with E-state index in [1.807, 2.05) is 51.1 Å². The highest BCUT2D eigenvalue weighted by atomic mass is 32.2. The van der Waals surface area contributed by atoms with Crippen molar-refractivity contribution in [3.63, 3.8) is 0 Å². The monoisotopic (exact) mass is 411 g/mol. The predicted octanol–water partition coefficient (Wildman–Crippen LogP) is 4.28. The van der Waals surface area contributed by atoms with Gasteiger partial charge in [-0.2, -0.15) is 0 Å². The van der Waals surface area contributed by atoms with Crippen molar-refractivity contribution in [2.45, 2.75) is 45.2 Å². The quantitative estimate of drug-likeness (QED) is 0.238. The number of esters is 1. The maximum atomic E-state index is 12.9. The van der Waals surface area contributed by atoms with E-state index in [1.54, 1.807) is 0 Å². The van der Waals surface area contributed by atoms with Gasteiger partial charge in [-0.15, -0.1) is 0 Å². The number of methoxy groups -OCH3 is 1. The molecule has 6 nitrogen and oxygen atoms in total. The molecule has 2 aromatic heterocycles. The summed E-state index contributed by atoms with van der Waals surface area (Å²) in [6, 6.07) is 9.77. The zero-order valence-electron chi connectivity index (χ0n) is 17.2. The number of hydrogen-bond donors (Lipinski definition) is 0. The lowest BCUT2D eigenvalue weighted by molar-refractivity contribution is -0.140. The molecule has 152 valence electrons. The Morgan fingerprint density at radius 1 is 1.14 bits per heavy atom. The highest BCUT2D eigenvalue weighted by Gasteiger charge is 2.17. The highest BCUT2D eigenvalue weighted by molar-refractivity contribution is 8.00. The standard InChI is InChI=1S/C22H25N3O3S/c1-14-12-18(15(2)25(14)11-7-10-21(27)28-4)20(26)13-29-22-17-8-5-6-9-19(17)23-16(3)24-22/h5-6,8-9,12H,7,10-11,13H2,1-4H3. The molecule has 0 atom stereocenters. The van der Waals surface area contributed by atoms with Crippen molar-refractivity contribution in [3.05, 3.63) is 53.1 Å². The Balaban J connectivity index is 1.72. The third kappa shape index (κ3) is 4.85. The summed E-state index contributed by atoms with van der Waals surface area (Å²) < 4.78 is 6.78. The first-order valence-corrected chi connectivity index (χ1v) is 10.5. The number of benzene rings is 1. The summed E-state index contributed by atoms with van der Waals surface area (Å²) in [5, 5.41) is 1.79. The molecule has 0 aliphatic carbocycles. The smallest absolute Gasteiger partial charge is 0.305 e. The number of nitrogens with zero attached hydrogens (tertiary/aromatic N) is 3. The molecule has 0 N–H and O–H groups in total. The van der Waals surface area contributed by atoms with Crippen LogP contribution in [0.3, 0.4) is 0 Å². The van der Waals surface area contributed by atoms with Crippen LogP contribution in [-0.4, -0.2) is 39.2 Å². The summed E-state index contributed by atoms with van der Waals surface area (Å²) in [7, 11) is 1.39. The van der Waals surface area contributed by atoms with Crippen LogP contribution in [-0.2, 0) is 16.1 Å². The number of rotatable bonds is 8. The van der Waals surface area contributed by atoms with Crippen LogP contribution in [0.5, 0.6) is 0 Å². The van der Waals surface area contributed by atoms with Gasteiger partial charge in [0, 0.05) is 35.3 Å². The Kier molecular flexibility index (Phi) is 6.69. The number of aryl methyl sites for hydroxylation is 2. The summed E-state index contributed by atoms with van der Waals surface area (Å²) in [4.78, 5) is 33.2. The predicted molar refractivity (Wildman–Crippen MR) is 114 cm³/mol. The minimum absolute atomic E-state index is 0.0719. The van der Waals surface area contributed by atoms with Crippen LogP contribution in [0, 0.1) is 20.8 Å². The first-order valence-electron chi connectivity index (χ1n) is 9.53. The van der Waals surface area contributed by atoms with E-state index in [0.717, 1.165) is 32.9 Å². The molecule has 0 bridgehead atoms. The molecule has 0 aliphatic heterocycles. The number of aromatic nitrogens is 3. The molecule has 0 spiro atoms. The van der Waals surface area contributed by atoms with Gasteiger partial charge in [-0.05, 0) is 39.3 Å². The first kappa shape index (κ1) is 21.0. The van der Waals surface area contributed by atoms with Crippen molar-refractivity contribution in [1.82, 2.24) is 14.5 Å². The maximum Gasteiger partial charge on any atom is 0.305 e. The van der Waals surface area contributed by atoms with Gasteiger partial charge in [0.15, 0.2) is 5.78 Å². The first-order chi connectivity index (χ1) is 13.9. The van der Waals surface area contributed by atoms with Gasteiger partial charge in [0.05, 0.1) is 18.4 Å². The lowest BCUT2D eigenvalue weighted by atomic mass is 10.2. The van der Waals surface area contributed by atoms with Crippen molar-refractivity contribution in [2.75, 3.05) is 12.9 Å². The van der Waals surface area contributed by atoms with Gasteiger partial charge in [0.25, 0.3) is 0 Å². The third-order valence-electron chi connectivity index (χ3n) is 4.88. The van der Waals surface area contributed by atoms with E-state index < -0.39 is 0 Å². The fourth-order valence-corrected chi connectivity index (χ4v) is 4.34. The molecule has 29 heavy (non-hydrogen) atoms. The number of ether oxygens (including phenoxy) is 1. The number of thioether (sulfide) groups is 1. The van der Waals surface area contributed by atoms with Crippen LogP contribution in [0.25, 0.3) is 10.9 Å². The summed E-state index contributed by atoms with van der Waals surface area (Å²) >= 11 is 1.44. The molecule has 7 heteroatoms. The van der Waals surface area contributed by atoms with E-state index >= 15 is 0 Å². The summed E-state index contributed by atoms with van der Waals surface area (Å²) in [6.45, 7) is 6.48. The zero-order valence-corrected chi connectivity index (χ0v) is 18.0. The molecule has 0 aliphatic rings. The number of hydrogen-bond acceptors (Lipinski definition) is 6. The molecular weight excluding hydrogens is 386 g/mol. The number of carbonyl (C=O) groups is 2. The van der Waals surface area contributed by atoms with Gasteiger partial charge in [-0.1, -0.05) is 30.0 Å². The molecule has 0 saturated carbocycles. The SMILES string of the molecule is COC(=O)CCCn1c(C)cc(C(=O)CSc2nc(C)nc3ccccc23)c1C. The number of para-hydroxylation sites is 1. The Bertz CT molecular complexity index is 1060. The van der Waals surface area contributed by atoms with Gasteiger partial charge in [0.1, 0.15) is 10.9 Å². The van der Waals surface area contributed by atoms with Gasteiger partial charge >= 0.3 is 5.97 Å². The molecule has 0 amide bonds. The summed E-state index contributed by atoms with van der Waals surface area (Å²) in [5.74, 6) is 0.866. The topological polar surface area (TPSA) is 74.1 Å². The lowest BCUT2D eigenvalue weighted by Gasteiger charge is -2.09. The zero-order chi connectivity index (χ0) is 21.0. The molecule has 2 heterocycles. The van der Waals surface area contributed by atoms with Crippen LogP contribution >= 0.6 is 11.8 Å². The van der Waals surface area contributed by atoms with Gasteiger partial charge in [-0.3, -0.25) is 9.59 Å². The van der Waals surface area contributed by atoms with Crippen molar-refractivity contribution in [3.8, 4) is 0 Å². The van der Waals surface area contributed by atoms with Crippen LogP contribution < -0.4 is 0 Å². The van der Waals surface area contributed by atoms with Gasteiger partial charge in [-0.25, -0.2) is 9.97 Å². The second kappa shape index (κ2) is 9.22. The Hall–Kier alpha value is -2.67.